The molecule has 0 aromatic carbocycles. The smallest absolute Gasteiger partial charge is 0.0521 e. The lowest BCUT2D eigenvalue weighted by Gasteiger charge is -2.37. The second kappa shape index (κ2) is 1.73. The van der Waals surface area contributed by atoms with Crippen molar-refractivity contribution >= 4 is 0 Å². The molecule has 0 radical (unpaired) electrons. The summed E-state index contributed by atoms with van der Waals surface area (Å²) in [5.74, 6) is 0.808. The zero-order chi connectivity index (χ0) is 6.20. The van der Waals surface area contributed by atoms with Gasteiger partial charge in [-0.2, -0.15) is 0 Å². The summed E-state index contributed by atoms with van der Waals surface area (Å²) in [6, 6.07) is 0. The van der Waals surface area contributed by atoms with Gasteiger partial charge in [0.25, 0.3) is 0 Å². The van der Waals surface area contributed by atoms with E-state index in [9.17, 15) is 0 Å². The summed E-state index contributed by atoms with van der Waals surface area (Å²) in [7, 11) is 0. The SMILES string of the molecule is CC(C)(C)C1COC1.[HH]. The van der Waals surface area contributed by atoms with Crippen LogP contribution in [-0.2, 0) is 4.74 Å². The summed E-state index contributed by atoms with van der Waals surface area (Å²) in [4.78, 5) is 0. The Kier molecular flexibility index (Phi) is 1.31. The van der Waals surface area contributed by atoms with E-state index < -0.39 is 0 Å². The Bertz CT molecular complexity index is 81.4. The minimum absolute atomic E-state index is 0. The number of ether oxygens (including phenoxy) is 1. The van der Waals surface area contributed by atoms with Crippen LogP contribution in [0.2, 0.25) is 0 Å². The van der Waals surface area contributed by atoms with Crippen LogP contribution in [0.4, 0.5) is 0 Å². The molecule has 50 valence electrons. The molecule has 0 N–H and O–H groups in total. The van der Waals surface area contributed by atoms with E-state index in [0.717, 1.165) is 19.1 Å². The predicted octanol–water partition coefficient (Wildman–Crippen LogP) is 1.92. The summed E-state index contributed by atoms with van der Waals surface area (Å²) in [6.45, 7) is 8.74. The van der Waals surface area contributed by atoms with Gasteiger partial charge in [-0.25, -0.2) is 0 Å². The molecule has 1 rings (SSSR count). The van der Waals surface area contributed by atoms with Gasteiger partial charge in [0.15, 0.2) is 0 Å². The van der Waals surface area contributed by atoms with Gasteiger partial charge in [-0.1, -0.05) is 20.8 Å². The number of rotatable bonds is 0. The van der Waals surface area contributed by atoms with Gasteiger partial charge >= 0.3 is 0 Å². The number of hydrogen-bond donors (Lipinski definition) is 0. The van der Waals surface area contributed by atoms with Crippen LogP contribution in [0.3, 0.4) is 0 Å². The zero-order valence-corrected chi connectivity index (χ0v) is 5.90. The molecule has 0 spiro atoms. The van der Waals surface area contributed by atoms with Crippen molar-refractivity contribution in [3.8, 4) is 0 Å². The highest BCUT2D eigenvalue weighted by molar-refractivity contribution is 4.78. The Labute approximate surface area is 52.5 Å². The highest BCUT2D eigenvalue weighted by Gasteiger charge is 2.30. The largest absolute Gasteiger partial charge is 0.381 e. The minimum atomic E-state index is 0. The van der Waals surface area contributed by atoms with Crippen LogP contribution in [0, 0.1) is 11.3 Å². The second-order valence-corrected chi connectivity index (χ2v) is 3.60. The van der Waals surface area contributed by atoms with E-state index in [1.165, 1.54) is 0 Å². The Morgan fingerprint density at radius 2 is 1.88 bits per heavy atom. The van der Waals surface area contributed by atoms with Crippen LogP contribution in [0.15, 0.2) is 0 Å². The molecule has 1 nitrogen and oxygen atoms in total. The summed E-state index contributed by atoms with van der Waals surface area (Å²) in [5, 5.41) is 0. The van der Waals surface area contributed by atoms with Gasteiger partial charge in [0, 0.05) is 7.34 Å². The molecule has 0 atom stereocenters. The van der Waals surface area contributed by atoms with Crippen molar-refractivity contribution in [1.29, 1.82) is 0 Å². The molecule has 0 aromatic rings. The third kappa shape index (κ3) is 1.03. The maximum atomic E-state index is 5.06. The van der Waals surface area contributed by atoms with Crippen molar-refractivity contribution in [3.05, 3.63) is 0 Å². The molecule has 1 aliphatic heterocycles. The molecule has 1 fully saturated rings. The fraction of sp³-hybridized carbons (Fsp3) is 1.00. The molecule has 0 amide bonds. The van der Waals surface area contributed by atoms with Crippen molar-refractivity contribution in [2.75, 3.05) is 13.2 Å². The molecule has 0 aromatic heterocycles. The van der Waals surface area contributed by atoms with Crippen LogP contribution in [0.5, 0.6) is 0 Å². The summed E-state index contributed by atoms with van der Waals surface area (Å²) in [6.07, 6.45) is 0. The van der Waals surface area contributed by atoms with Crippen LogP contribution in [0.1, 0.15) is 22.2 Å². The van der Waals surface area contributed by atoms with Gasteiger partial charge in [0.1, 0.15) is 0 Å². The molecular formula is C7H16O. The summed E-state index contributed by atoms with van der Waals surface area (Å²) in [5.41, 5.74) is 0.470. The van der Waals surface area contributed by atoms with Gasteiger partial charge in [0.2, 0.25) is 0 Å². The van der Waals surface area contributed by atoms with Crippen molar-refractivity contribution < 1.29 is 6.16 Å². The molecule has 1 aliphatic rings. The summed E-state index contributed by atoms with van der Waals surface area (Å²) < 4.78 is 5.06. The normalized spacial score (nSPS) is 22.9. The molecule has 0 bridgehead atoms. The van der Waals surface area contributed by atoms with Crippen molar-refractivity contribution in [3.63, 3.8) is 0 Å². The lowest BCUT2D eigenvalue weighted by atomic mass is 9.80. The van der Waals surface area contributed by atoms with E-state index in [2.05, 4.69) is 20.8 Å². The average molecular weight is 116 g/mol. The molecule has 1 heterocycles. The van der Waals surface area contributed by atoms with E-state index >= 15 is 0 Å². The van der Waals surface area contributed by atoms with Gasteiger partial charge in [-0.3, -0.25) is 0 Å². The first-order chi connectivity index (χ1) is 3.61. The predicted molar refractivity (Wildman–Crippen MR) is 35.9 cm³/mol. The highest BCUT2D eigenvalue weighted by Crippen LogP contribution is 2.31. The van der Waals surface area contributed by atoms with E-state index in [1.807, 2.05) is 0 Å². The van der Waals surface area contributed by atoms with E-state index in [0.29, 0.717) is 5.41 Å². The van der Waals surface area contributed by atoms with E-state index in [-0.39, 0.29) is 1.43 Å². The fourth-order valence-electron chi connectivity index (χ4n) is 0.736. The Hall–Kier alpha value is -0.0400. The third-order valence-electron chi connectivity index (χ3n) is 1.86. The van der Waals surface area contributed by atoms with Gasteiger partial charge < -0.3 is 4.74 Å². The lowest BCUT2D eigenvalue weighted by molar-refractivity contribution is -0.0821. The zero-order valence-electron chi connectivity index (χ0n) is 5.90. The van der Waals surface area contributed by atoms with Crippen molar-refractivity contribution in [1.82, 2.24) is 0 Å². The topological polar surface area (TPSA) is 9.23 Å². The maximum absolute atomic E-state index is 5.06. The molecule has 0 aliphatic carbocycles. The Morgan fingerprint density at radius 1 is 1.38 bits per heavy atom. The first-order valence-corrected chi connectivity index (χ1v) is 3.18. The molecule has 8 heavy (non-hydrogen) atoms. The first kappa shape index (κ1) is 6.09. The molecular weight excluding hydrogens is 100 g/mol. The van der Waals surface area contributed by atoms with Crippen molar-refractivity contribution in [2.24, 2.45) is 11.3 Å². The van der Waals surface area contributed by atoms with Crippen LogP contribution >= 0.6 is 0 Å². The van der Waals surface area contributed by atoms with Gasteiger partial charge in [-0.05, 0) is 5.41 Å². The van der Waals surface area contributed by atoms with E-state index in [1.54, 1.807) is 0 Å². The van der Waals surface area contributed by atoms with E-state index in [4.69, 9.17) is 4.74 Å². The molecule has 1 heteroatoms. The number of hydrogen-bond acceptors (Lipinski definition) is 1. The highest BCUT2D eigenvalue weighted by atomic mass is 16.5. The van der Waals surface area contributed by atoms with Crippen LogP contribution in [-0.4, -0.2) is 13.2 Å². The molecule has 0 saturated carbocycles. The maximum Gasteiger partial charge on any atom is 0.0521 e. The quantitative estimate of drug-likeness (QED) is 0.470. The Balaban J connectivity index is 0.000000640. The third-order valence-corrected chi connectivity index (χ3v) is 1.86. The van der Waals surface area contributed by atoms with Crippen molar-refractivity contribution in [2.45, 2.75) is 20.8 Å². The Morgan fingerprint density at radius 3 is 1.88 bits per heavy atom. The minimum Gasteiger partial charge on any atom is -0.381 e. The van der Waals surface area contributed by atoms with Gasteiger partial charge in [-0.15, -0.1) is 0 Å². The summed E-state index contributed by atoms with van der Waals surface area (Å²) >= 11 is 0. The molecule has 1 saturated heterocycles. The van der Waals surface area contributed by atoms with Gasteiger partial charge in [0.05, 0.1) is 13.2 Å². The second-order valence-electron chi connectivity index (χ2n) is 3.60. The first-order valence-electron chi connectivity index (χ1n) is 3.18. The average Bonchev–Trinajstić information content (AvgIpc) is 1.16. The standard InChI is InChI=1S/C7H14O.H2/c1-7(2,3)6-4-8-5-6;/h6H,4-5H2,1-3H3;1H. The fourth-order valence-corrected chi connectivity index (χ4v) is 0.736. The monoisotopic (exact) mass is 116 g/mol. The van der Waals surface area contributed by atoms with Crippen LogP contribution < -0.4 is 0 Å². The lowest BCUT2D eigenvalue weighted by Crippen LogP contribution is -2.37. The van der Waals surface area contributed by atoms with Crippen LogP contribution in [0.25, 0.3) is 0 Å². The molecule has 0 unspecified atom stereocenters.